The molecule has 86 valence electrons. The highest BCUT2D eigenvalue weighted by molar-refractivity contribution is 6.31. The van der Waals surface area contributed by atoms with Gasteiger partial charge < -0.3 is 5.11 Å². The molecule has 0 aliphatic heterocycles. The average molecular weight is 241 g/mol. The lowest BCUT2D eigenvalue weighted by Crippen LogP contribution is -2.19. The van der Waals surface area contributed by atoms with Crippen molar-refractivity contribution >= 4 is 23.2 Å². The summed E-state index contributed by atoms with van der Waals surface area (Å²) in [6, 6.07) is 4.27. The molecule has 16 heavy (non-hydrogen) atoms. The van der Waals surface area contributed by atoms with Gasteiger partial charge in [0.25, 0.3) is 5.91 Å². The molecule has 0 unspecified atom stereocenters. The van der Waals surface area contributed by atoms with E-state index in [1.54, 1.807) is 6.92 Å². The van der Waals surface area contributed by atoms with Gasteiger partial charge in [0.2, 0.25) is 0 Å². The Balaban J connectivity index is 2.85. The van der Waals surface area contributed by atoms with E-state index in [0.29, 0.717) is 5.02 Å². The summed E-state index contributed by atoms with van der Waals surface area (Å²) in [6.07, 6.45) is 0.752. The van der Waals surface area contributed by atoms with E-state index in [1.165, 1.54) is 18.2 Å². The second-order valence-electron chi connectivity index (χ2n) is 3.30. The standard InChI is InChI=1S/C11H13ClN2O2/c1-3-7(2)13-14-11(16)9-6-8(12)4-5-10(9)15/h4-6,15H,3H2,1-2H3,(H,14,16)/b13-7-. The number of carbonyl (C=O) groups is 1. The SMILES string of the molecule is CC/C(C)=N\NC(=O)c1cc(Cl)ccc1O. The molecule has 0 radical (unpaired) electrons. The van der Waals surface area contributed by atoms with Gasteiger partial charge >= 0.3 is 0 Å². The number of carbonyl (C=O) groups excluding carboxylic acids is 1. The number of hydrogen-bond donors (Lipinski definition) is 2. The van der Waals surface area contributed by atoms with Gasteiger partial charge in [-0.15, -0.1) is 0 Å². The minimum Gasteiger partial charge on any atom is -0.507 e. The van der Waals surface area contributed by atoms with Crippen LogP contribution in [-0.2, 0) is 0 Å². The third-order valence-electron chi connectivity index (χ3n) is 2.06. The summed E-state index contributed by atoms with van der Waals surface area (Å²) in [5.41, 5.74) is 3.26. The Morgan fingerprint density at radius 3 is 2.88 bits per heavy atom. The molecule has 0 aliphatic carbocycles. The lowest BCUT2D eigenvalue weighted by Gasteiger charge is -2.04. The van der Waals surface area contributed by atoms with Gasteiger partial charge in [0.15, 0.2) is 0 Å². The molecule has 1 amide bonds. The molecule has 1 aromatic rings. The molecule has 0 saturated carbocycles. The second kappa shape index (κ2) is 5.51. The van der Waals surface area contributed by atoms with Crippen molar-refractivity contribution in [2.45, 2.75) is 20.3 Å². The molecule has 0 spiro atoms. The first-order valence-electron chi connectivity index (χ1n) is 4.86. The molecule has 1 aromatic carbocycles. The number of hydrazone groups is 1. The number of phenols is 1. The predicted octanol–water partition coefficient (Wildman–Crippen LogP) is 2.56. The van der Waals surface area contributed by atoms with Crippen LogP contribution in [0.5, 0.6) is 5.75 Å². The minimum atomic E-state index is -0.479. The summed E-state index contributed by atoms with van der Waals surface area (Å²) in [5, 5.41) is 13.7. The van der Waals surface area contributed by atoms with Crippen molar-refractivity contribution < 1.29 is 9.90 Å². The van der Waals surface area contributed by atoms with Crippen LogP contribution in [0, 0.1) is 0 Å². The molecular formula is C11H13ClN2O2. The summed E-state index contributed by atoms with van der Waals surface area (Å²) in [5.74, 6) is -0.598. The molecule has 0 heterocycles. The van der Waals surface area contributed by atoms with E-state index in [9.17, 15) is 9.90 Å². The van der Waals surface area contributed by atoms with Crippen molar-refractivity contribution in [3.05, 3.63) is 28.8 Å². The summed E-state index contributed by atoms with van der Waals surface area (Å²) >= 11 is 5.72. The third kappa shape index (κ3) is 3.24. The molecule has 0 saturated heterocycles. The van der Waals surface area contributed by atoms with Crippen LogP contribution in [0.25, 0.3) is 0 Å². The topological polar surface area (TPSA) is 61.7 Å². The van der Waals surface area contributed by atoms with Crippen LogP contribution in [0.3, 0.4) is 0 Å². The van der Waals surface area contributed by atoms with Crippen LogP contribution < -0.4 is 5.43 Å². The Bertz CT molecular complexity index is 430. The maximum Gasteiger partial charge on any atom is 0.275 e. The minimum absolute atomic E-state index is 0.111. The summed E-state index contributed by atoms with van der Waals surface area (Å²) in [6.45, 7) is 3.74. The number of nitrogens with one attached hydrogen (secondary N) is 1. The summed E-state index contributed by atoms with van der Waals surface area (Å²) in [7, 11) is 0. The molecule has 0 aliphatic rings. The van der Waals surface area contributed by atoms with Crippen molar-refractivity contribution in [3.8, 4) is 5.75 Å². The largest absolute Gasteiger partial charge is 0.507 e. The van der Waals surface area contributed by atoms with E-state index < -0.39 is 5.91 Å². The maximum absolute atomic E-state index is 11.6. The monoisotopic (exact) mass is 240 g/mol. The van der Waals surface area contributed by atoms with Gasteiger partial charge in [-0.3, -0.25) is 4.79 Å². The molecule has 1 rings (SSSR count). The van der Waals surface area contributed by atoms with E-state index >= 15 is 0 Å². The van der Waals surface area contributed by atoms with Crippen LogP contribution in [0.15, 0.2) is 23.3 Å². The van der Waals surface area contributed by atoms with E-state index in [-0.39, 0.29) is 11.3 Å². The number of aromatic hydroxyl groups is 1. The highest BCUT2D eigenvalue weighted by Crippen LogP contribution is 2.21. The van der Waals surface area contributed by atoms with Gasteiger partial charge in [0, 0.05) is 10.7 Å². The van der Waals surface area contributed by atoms with Gasteiger partial charge in [-0.1, -0.05) is 18.5 Å². The smallest absolute Gasteiger partial charge is 0.275 e. The zero-order valence-electron chi connectivity index (χ0n) is 9.12. The van der Waals surface area contributed by atoms with E-state index in [0.717, 1.165) is 12.1 Å². The first-order chi connectivity index (χ1) is 7.54. The number of nitrogens with zero attached hydrogens (tertiary/aromatic N) is 1. The van der Waals surface area contributed by atoms with Crippen LogP contribution in [-0.4, -0.2) is 16.7 Å². The van der Waals surface area contributed by atoms with E-state index in [4.69, 9.17) is 11.6 Å². The number of amides is 1. The fourth-order valence-electron chi connectivity index (χ4n) is 0.976. The maximum atomic E-state index is 11.6. The van der Waals surface area contributed by atoms with Crippen molar-refractivity contribution in [1.82, 2.24) is 5.43 Å². The Labute approximate surface area is 98.9 Å². The second-order valence-corrected chi connectivity index (χ2v) is 3.74. The molecule has 5 heteroatoms. The Kier molecular flexibility index (Phi) is 4.31. The third-order valence-corrected chi connectivity index (χ3v) is 2.30. The van der Waals surface area contributed by atoms with Gasteiger partial charge in [-0.05, 0) is 31.5 Å². The van der Waals surface area contributed by atoms with E-state index in [2.05, 4.69) is 10.5 Å². The van der Waals surface area contributed by atoms with Crippen molar-refractivity contribution in [3.63, 3.8) is 0 Å². The average Bonchev–Trinajstić information content (AvgIpc) is 2.28. The molecular weight excluding hydrogens is 228 g/mol. The molecule has 0 bridgehead atoms. The number of phenolic OH excluding ortho intramolecular Hbond substituents is 1. The normalized spacial score (nSPS) is 11.3. The highest BCUT2D eigenvalue weighted by atomic mass is 35.5. The number of benzene rings is 1. The molecule has 0 atom stereocenters. The summed E-state index contributed by atoms with van der Waals surface area (Å²) < 4.78 is 0. The first-order valence-corrected chi connectivity index (χ1v) is 5.24. The Morgan fingerprint density at radius 2 is 2.25 bits per heavy atom. The Hall–Kier alpha value is -1.55. The van der Waals surface area contributed by atoms with Gasteiger partial charge in [-0.25, -0.2) is 5.43 Å². The van der Waals surface area contributed by atoms with Crippen LogP contribution in [0.2, 0.25) is 5.02 Å². The highest BCUT2D eigenvalue weighted by Gasteiger charge is 2.10. The molecule has 0 fully saturated rings. The zero-order chi connectivity index (χ0) is 12.1. The molecule has 4 nitrogen and oxygen atoms in total. The van der Waals surface area contributed by atoms with Crippen molar-refractivity contribution in [1.29, 1.82) is 0 Å². The number of halogens is 1. The number of hydrogen-bond acceptors (Lipinski definition) is 3. The first kappa shape index (κ1) is 12.5. The van der Waals surface area contributed by atoms with E-state index in [1.807, 2.05) is 6.92 Å². The van der Waals surface area contributed by atoms with Gasteiger partial charge in [0.05, 0.1) is 5.56 Å². The van der Waals surface area contributed by atoms with Crippen molar-refractivity contribution in [2.24, 2.45) is 5.10 Å². The lowest BCUT2D eigenvalue weighted by molar-refractivity contribution is 0.0952. The molecule has 0 aromatic heterocycles. The Morgan fingerprint density at radius 1 is 1.56 bits per heavy atom. The fourth-order valence-corrected chi connectivity index (χ4v) is 1.15. The van der Waals surface area contributed by atoms with Crippen molar-refractivity contribution in [2.75, 3.05) is 0 Å². The summed E-state index contributed by atoms with van der Waals surface area (Å²) in [4.78, 5) is 11.6. The van der Waals surface area contributed by atoms with Gasteiger partial charge in [0.1, 0.15) is 5.75 Å². The van der Waals surface area contributed by atoms with Gasteiger partial charge in [-0.2, -0.15) is 5.10 Å². The number of rotatable bonds is 3. The quantitative estimate of drug-likeness (QED) is 0.630. The van der Waals surface area contributed by atoms with Crippen LogP contribution in [0.1, 0.15) is 30.6 Å². The van der Waals surface area contributed by atoms with Crippen LogP contribution >= 0.6 is 11.6 Å². The zero-order valence-corrected chi connectivity index (χ0v) is 9.88. The predicted molar refractivity (Wildman–Crippen MR) is 64.0 cm³/mol. The fraction of sp³-hybridized carbons (Fsp3) is 0.273. The van der Waals surface area contributed by atoms with Crippen LogP contribution in [0.4, 0.5) is 0 Å². The molecule has 2 N–H and O–H groups in total. The lowest BCUT2D eigenvalue weighted by atomic mass is 10.2.